The summed E-state index contributed by atoms with van der Waals surface area (Å²) in [4.78, 5) is 12.2. The third kappa shape index (κ3) is 1.92. The van der Waals surface area contributed by atoms with Gasteiger partial charge in [-0.1, -0.05) is 11.6 Å². The summed E-state index contributed by atoms with van der Waals surface area (Å²) in [6.45, 7) is 0. The number of alkyl halides is 3. The fourth-order valence-corrected chi connectivity index (χ4v) is 1.06. The molecule has 0 fully saturated rings. The first-order chi connectivity index (χ1) is 6.34. The highest BCUT2D eigenvalue weighted by Gasteiger charge is 2.38. The second-order valence-corrected chi connectivity index (χ2v) is 2.63. The Bertz CT molecular complexity index is 380. The summed E-state index contributed by atoms with van der Waals surface area (Å²) in [5.41, 5.74) is -2.26. The highest BCUT2D eigenvalue weighted by atomic mass is 35.5. The van der Waals surface area contributed by atoms with Crippen molar-refractivity contribution in [2.45, 2.75) is 6.18 Å². The second-order valence-electron chi connectivity index (χ2n) is 2.25. The fraction of sp³-hybridized carbons (Fsp3) is 0.167. The van der Waals surface area contributed by atoms with E-state index in [4.69, 9.17) is 11.6 Å². The minimum absolute atomic E-state index is 0.687. The Morgan fingerprint density at radius 1 is 1.50 bits per heavy atom. The maximum atomic E-state index is 12.1. The summed E-state index contributed by atoms with van der Waals surface area (Å²) in [6.07, 6.45) is -4.10. The van der Waals surface area contributed by atoms with Gasteiger partial charge in [-0.05, 0) is 0 Å². The van der Waals surface area contributed by atoms with Crippen LogP contribution in [0.3, 0.4) is 0 Å². The van der Waals surface area contributed by atoms with E-state index in [1.54, 1.807) is 0 Å². The number of halogens is 4. The molecule has 0 atom stereocenters. The highest BCUT2D eigenvalue weighted by molar-refractivity contribution is 6.33. The average molecular weight is 227 g/mol. The van der Waals surface area contributed by atoms with Gasteiger partial charge in [0.1, 0.15) is 5.02 Å². The number of nitro groups is 1. The first kappa shape index (κ1) is 10.7. The minimum atomic E-state index is -4.79. The van der Waals surface area contributed by atoms with Crippen molar-refractivity contribution in [1.82, 2.24) is 4.98 Å². The largest absolute Gasteiger partial charge is 0.435 e. The highest BCUT2D eigenvalue weighted by Crippen LogP contribution is 2.36. The van der Waals surface area contributed by atoms with Crippen LogP contribution in [0.2, 0.25) is 5.02 Å². The fourth-order valence-electron chi connectivity index (χ4n) is 0.772. The van der Waals surface area contributed by atoms with Crippen molar-refractivity contribution in [2.75, 3.05) is 0 Å². The van der Waals surface area contributed by atoms with Gasteiger partial charge in [0.15, 0.2) is 5.69 Å². The molecule has 4 nitrogen and oxygen atoms in total. The molecule has 1 rings (SSSR count). The third-order valence-corrected chi connectivity index (χ3v) is 1.71. The molecule has 0 amide bonds. The summed E-state index contributed by atoms with van der Waals surface area (Å²) in [7, 11) is 0. The van der Waals surface area contributed by atoms with Crippen molar-refractivity contribution in [3.63, 3.8) is 0 Å². The lowest BCUT2D eigenvalue weighted by atomic mass is 10.3. The van der Waals surface area contributed by atoms with Gasteiger partial charge < -0.3 is 0 Å². The number of hydrogen-bond donors (Lipinski definition) is 0. The second kappa shape index (κ2) is 3.41. The Labute approximate surface area is 80.5 Å². The molecule has 0 bridgehead atoms. The predicted octanol–water partition coefficient (Wildman–Crippen LogP) is 2.66. The predicted molar refractivity (Wildman–Crippen MR) is 40.9 cm³/mol. The van der Waals surface area contributed by atoms with Crippen LogP contribution in [0, 0.1) is 10.1 Å². The number of hydrogen-bond acceptors (Lipinski definition) is 3. The van der Waals surface area contributed by atoms with E-state index in [0.29, 0.717) is 6.20 Å². The molecule has 0 saturated carbocycles. The van der Waals surface area contributed by atoms with E-state index in [1.807, 2.05) is 0 Å². The molecule has 0 N–H and O–H groups in total. The van der Waals surface area contributed by atoms with Crippen LogP contribution >= 0.6 is 11.6 Å². The Morgan fingerprint density at radius 2 is 2.07 bits per heavy atom. The lowest BCUT2D eigenvalue weighted by Crippen LogP contribution is -2.09. The molecule has 8 heteroatoms. The third-order valence-electron chi connectivity index (χ3n) is 1.33. The van der Waals surface area contributed by atoms with Gasteiger partial charge >= 0.3 is 6.18 Å². The van der Waals surface area contributed by atoms with Crippen molar-refractivity contribution in [3.05, 3.63) is 33.1 Å². The number of pyridine rings is 1. The molecular formula is C6H2ClF3N2O2. The van der Waals surface area contributed by atoms with Crippen LogP contribution in [0.25, 0.3) is 0 Å². The van der Waals surface area contributed by atoms with Crippen LogP contribution in [0.15, 0.2) is 12.3 Å². The zero-order chi connectivity index (χ0) is 10.9. The van der Waals surface area contributed by atoms with Crippen molar-refractivity contribution in [3.8, 4) is 0 Å². The topological polar surface area (TPSA) is 56.0 Å². The minimum Gasteiger partial charge on any atom is -0.258 e. The summed E-state index contributed by atoms with van der Waals surface area (Å²) in [6, 6.07) is 0.803. The maximum Gasteiger partial charge on any atom is 0.435 e. The van der Waals surface area contributed by atoms with Gasteiger partial charge in [-0.25, -0.2) is 4.98 Å². The molecule has 0 aromatic carbocycles. The van der Waals surface area contributed by atoms with Crippen LogP contribution in [0.1, 0.15) is 5.69 Å². The summed E-state index contributed by atoms with van der Waals surface area (Å²) >= 11 is 5.16. The quantitative estimate of drug-likeness (QED) is 0.546. The molecule has 1 aromatic rings. The molecule has 76 valence electrons. The van der Waals surface area contributed by atoms with E-state index >= 15 is 0 Å². The molecule has 1 heterocycles. The normalized spacial score (nSPS) is 11.4. The molecule has 0 spiro atoms. The smallest absolute Gasteiger partial charge is 0.258 e. The number of aromatic nitrogens is 1. The number of nitrogens with zero attached hydrogens (tertiary/aromatic N) is 2. The molecule has 1 aromatic heterocycles. The molecule has 0 radical (unpaired) electrons. The lowest BCUT2D eigenvalue weighted by molar-refractivity contribution is -0.385. The monoisotopic (exact) mass is 226 g/mol. The van der Waals surface area contributed by atoms with Gasteiger partial charge in [0.2, 0.25) is 0 Å². The standard InChI is InChI=1S/C6H2ClF3N2O2/c7-4-3(12(13)14)1-2-11-5(4)6(8,9)10/h1-2H. The Hall–Kier alpha value is -1.37. The van der Waals surface area contributed by atoms with Crippen molar-refractivity contribution in [1.29, 1.82) is 0 Å². The van der Waals surface area contributed by atoms with E-state index < -0.39 is 27.5 Å². The first-order valence-corrected chi connectivity index (χ1v) is 3.58. The van der Waals surface area contributed by atoms with Crippen LogP contribution < -0.4 is 0 Å². The van der Waals surface area contributed by atoms with Crippen molar-refractivity contribution < 1.29 is 18.1 Å². The zero-order valence-corrected chi connectivity index (χ0v) is 7.13. The van der Waals surface area contributed by atoms with Gasteiger partial charge in [-0.15, -0.1) is 0 Å². The molecule has 14 heavy (non-hydrogen) atoms. The van der Waals surface area contributed by atoms with Crippen LogP contribution in [-0.4, -0.2) is 9.91 Å². The van der Waals surface area contributed by atoms with E-state index in [-0.39, 0.29) is 0 Å². The van der Waals surface area contributed by atoms with Crippen LogP contribution in [0.4, 0.5) is 18.9 Å². The van der Waals surface area contributed by atoms with Gasteiger partial charge in [-0.2, -0.15) is 13.2 Å². The van der Waals surface area contributed by atoms with Gasteiger partial charge in [0.05, 0.1) is 4.92 Å². The van der Waals surface area contributed by atoms with Crippen LogP contribution in [-0.2, 0) is 6.18 Å². The van der Waals surface area contributed by atoms with Crippen LogP contribution in [0.5, 0.6) is 0 Å². The average Bonchev–Trinajstić information content (AvgIpc) is 2.01. The molecule has 0 aliphatic rings. The summed E-state index contributed by atoms with van der Waals surface area (Å²) < 4.78 is 36.4. The lowest BCUT2D eigenvalue weighted by Gasteiger charge is -2.06. The van der Waals surface area contributed by atoms with Crippen molar-refractivity contribution >= 4 is 17.3 Å². The maximum absolute atomic E-state index is 12.1. The number of rotatable bonds is 1. The van der Waals surface area contributed by atoms with E-state index in [9.17, 15) is 23.3 Å². The van der Waals surface area contributed by atoms with E-state index in [1.165, 1.54) is 0 Å². The molecule has 0 saturated heterocycles. The van der Waals surface area contributed by atoms with Gasteiger partial charge in [-0.3, -0.25) is 10.1 Å². The molecule has 0 aliphatic heterocycles. The van der Waals surface area contributed by atoms with Crippen molar-refractivity contribution in [2.24, 2.45) is 0 Å². The van der Waals surface area contributed by atoms with E-state index in [0.717, 1.165) is 6.07 Å². The van der Waals surface area contributed by atoms with E-state index in [2.05, 4.69) is 4.98 Å². The first-order valence-electron chi connectivity index (χ1n) is 3.20. The molecule has 0 aliphatic carbocycles. The van der Waals surface area contributed by atoms with Gasteiger partial charge in [0, 0.05) is 12.3 Å². The Morgan fingerprint density at radius 3 is 2.50 bits per heavy atom. The van der Waals surface area contributed by atoms with Gasteiger partial charge in [0.25, 0.3) is 5.69 Å². The molecule has 0 unspecified atom stereocenters. The summed E-state index contributed by atoms with van der Waals surface area (Å²) in [5, 5.41) is 9.23. The zero-order valence-electron chi connectivity index (χ0n) is 6.38. The SMILES string of the molecule is O=[N+]([O-])c1ccnc(C(F)(F)F)c1Cl. The molecular weight excluding hydrogens is 225 g/mol. The summed E-state index contributed by atoms with van der Waals surface area (Å²) in [5.74, 6) is 0. The Balaban J connectivity index is 3.35. The Kier molecular flexibility index (Phi) is 2.61.